The van der Waals surface area contributed by atoms with Gasteiger partial charge in [-0.1, -0.05) is 34.6 Å². The Morgan fingerprint density at radius 1 is 1.40 bits per heavy atom. The molecule has 15 heavy (non-hydrogen) atoms. The average Bonchev–Trinajstić information content (AvgIpc) is 2.47. The first-order valence-corrected chi connectivity index (χ1v) is 6.35. The predicted octanol–water partition coefficient (Wildman–Crippen LogP) is 2.35. The van der Waals surface area contributed by atoms with Crippen molar-refractivity contribution in [2.24, 2.45) is 11.3 Å². The highest BCUT2D eigenvalue weighted by atomic mass is 15.2. The van der Waals surface area contributed by atoms with E-state index in [2.05, 4.69) is 44.8 Å². The van der Waals surface area contributed by atoms with Crippen LogP contribution in [0, 0.1) is 11.3 Å². The Kier molecular flexibility index (Phi) is 4.60. The van der Waals surface area contributed by atoms with Crippen LogP contribution >= 0.6 is 0 Å². The fourth-order valence-electron chi connectivity index (χ4n) is 2.31. The van der Waals surface area contributed by atoms with E-state index in [-0.39, 0.29) is 0 Å². The van der Waals surface area contributed by atoms with Gasteiger partial charge in [0.25, 0.3) is 0 Å². The van der Waals surface area contributed by atoms with Crippen molar-refractivity contribution in [1.29, 1.82) is 0 Å². The second-order valence-corrected chi connectivity index (χ2v) is 6.33. The zero-order valence-electron chi connectivity index (χ0n) is 11.1. The molecule has 1 fully saturated rings. The third-order valence-electron chi connectivity index (χ3n) is 3.15. The van der Waals surface area contributed by atoms with Crippen molar-refractivity contribution in [1.82, 2.24) is 10.2 Å². The molecule has 0 amide bonds. The molecule has 0 aromatic heterocycles. The molecule has 0 radical (unpaired) electrons. The Hall–Kier alpha value is -0.0800. The molecule has 1 heterocycles. The molecule has 0 saturated carbocycles. The van der Waals surface area contributed by atoms with Gasteiger partial charge in [-0.05, 0) is 24.3 Å². The molecule has 1 aliphatic rings. The highest BCUT2D eigenvalue weighted by Crippen LogP contribution is 2.22. The van der Waals surface area contributed by atoms with E-state index in [1.807, 2.05) is 0 Å². The second kappa shape index (κ2) is 5.31. The van der Waals surface area contributed by atoms with Gasteiger partial charge in [0.1, 0.15) is 0 Å². The van der Waals surface area contributed by atoms with Crippen molar-refractivity contribution >= 4 is 0 Å². The summed E-state index contributed by atoms with van der Waals surface area (Å²) in [5, 5.41) is 3.54. The molecule has 0 aromatic carbocycles. The van der Waals surface area contributed by atoms with Crippen molar-refractivity contribution in [3.8, 4) is 0 Å². The van der Waals surface area contributed by atoms with Gasteiger partial charge in [-0.15, -0.1) is 0 Å². The summed E-state index contributed by atoms with van der Waals surface area (Å²) in [7, 11) is 0. The maximum Gasteiger partial charge on any atom is 0.00449 e. The summed E-state index contributed by atoms with van der Waals surface area (Å²) in [6.07, 6.45) is 1.38. The van der Waals surface area contributed by atoms with Crippen LogP contribution in [-0.4, -0.2) is 37.1 Å². The fourth-order valence-corrected chi connectivity index (χ4v) is 2.31. The van der Waals surface area contributed by atoms with Crippen molar-refractivity contribution in [3.63, 3.8) is 0 Å². The summed E-state index contributed by atoms with van der Waals surface area (Å²) in [5.74, 6) is 0.902. The Morgan fingerprint density at radius 2 is 2.07 bits per heavy atom. The molecule has 2 nitrogen and oxygen atoms in total. The number of hydrogen-bond acceptors (Lipinski definition) is 2. The Morgan fingerprint density at radius 3 is 2.53 bits per heavy atom. The lowest BCUT2D eigenvalue weighted by Gasteiger charge is -2.31. The van der Waals surface area contributed by atoms with Gasteiger partial charge in [-0.3, -0.25) is 0 Å². The van der Waals surface area contributed by atoms with E-state index >= 15 is 0 Å². The summed E-state index contributed by atoms with van der Waals surface area (Å²) in [6.45, 7) is 16.5. The van der Waals surface area contributed by atoms with Gasteiger partial charge in [-0.2, -0.15) is 0 Å². The number of likely N-dealkylation sites (tertiary alicyclic amines) is 1. The third-order valence-corrected chi connectivity index (χ3v) is 3.15. The van der Waals surface area contributed by atoms with E-state index in [4.69, 9.17) is 0 Å². The Labute approximate surface area is 95.4 Å². The molecule has 1 atom stereocenters. The van der Waals surface area contributed by atoms with Gasteiger partial charge < -0.3 is 10.2 Å². The quantitative estimate of drug-likeness (QED) is 0.752. The van der Waals surface area contributed by atoms with Crippen LogP contribution in [0.1, 0.15) is 41.0 Å². The molecule has 90 valence electrons. The van der Waals surface area contributed by atoms with E-state index < -0.39 is 0 Å². The van der Waals surface area contributed by atoms with Gasteiger partial charge in [0.05, 0.1) is 0 Å². The molecule has 1 saturated heterocycles. The first-order valence-electron chi connectivity index (χ1n) is 6.35. The highest BCUT2D eigenvalue weighted by Gasteiger charge is 2.26. The largest absolute Gasteiger partial charge is 0.314 e. The monoisotopic (exact) mass is 212 g/mol. The molecule has 2 heteroatoms. The smallest absolute Gasteiger partial charge is 0.00449 e. The van der Waals surface area contributed by atoms with Crippen LogP contribution in [0.3, 0.4) is 0 Å². The second-order valence-electron chi connectivity index (χ2n) is 6.33. The molecule has 1 rings (SSSR count). The van der Waals surface area contributed by atoms with Crippen LogP contribution in [0.4, 0.5) is 0 Å². The maximum absolute atomic E-state index is 3.54. The van der Waals surface area contributed by atoms with Gasteiger partial charge >= 0.3 is 0 Å². The standard InChI is InChI=1S/C13H28N2/c1-11(2)14-9-13(4,5)10-15-7-6-12(3)8-15/h11-12,14H,6-10H2,1-5H3. The predicted molar refractivity (Wildman–Crippen MR) is 67.1 cm³/mol. The SMILES string of the molecule is CC1CCN(CC(C)(C)CNC(C)C)C1. The number of rotatable bonds is 5. The van der Waals surface area contributed by atoms with Crippen molar-refractivity contribution < 1.29 is 0 Å². The molecule has 0 bridgehead atoms. The summed E-state index contributed by atoms with van der Waals surface area (Å²) in [4.78, 5) is 2.62. The molecule has 1 N–H and O–H groups in total. The average molecular weight is 212 g/mol. The van der Waals surface area contributed by atoms with E-state index in [0.29, 0.717) is 11.5 Å². The molecular formula is C13H28N2. The van der Waals surface area contributed by atoms with Crippen molar-refractivity contribution in [2.75, 3.05) is 26.2 Å². The van der Waals surface area contributed by atoms with E-state index in [1.54, 1.807) is 0 Å². The molecular weight excluding hydrogens is 184 g/mol. The number of nitrogens with zero attached hydrogens (tertiary/aromatic N) is 1. The van der Waals surface area contributed by atoms with E-state index in [9.17, 15) is 0 Å². The van der Waals surface area contributed by atoms with Crippen LogP contribution in [0.5, 0.6) is 0 Å². The van der Waals surface area contributed by atoms with Gasteiger partial charge in [0, 0.05) is 25.7 Å². The summed E-state index contributed by atoms with van der Waals surface area (Å²) >= 11 is 0. The Bertz CT molecular complexity index is 187. The molecule has 0 spiro atoms. The van der Waals surface area contributed by atoms with Crippen LogP contribution in [0.25, 0.3) is 0 Å². The lowest BCUT2D eigenvalue weighted by atomic mass is 9.92. The summed E-state index contributed by atoms with van der Waals surface area (Å²) in [5.41, 5.74) is 0.397. The minimum Gasteiger partial charge on any atom is -0.314 e. The topological polar surface area (TPSA) is 15.3 Å². The van der Waals surface area contributed by atoms with Crippen LogP contribution in [-0.2, 0) is 0 Å². The zero-order chi connectivity index (χ0) is 11.5. The molecule has 0 aromatic rings. The van der Waals surface area contributed by atoms with Crippen LogP contribution in [0.2, 0.25) is 0 Å². The van der Waals surface area contributed by atoms with E-state index in [0.717, 1.165) is 12.5 Å². The van der Waals surface area contributed by atoms with Gasteiger partial charge in [0.2, 0.25) is 0 Å². The highest BCUT2D eigenvalue weighted by molar-refractivity contribution is 4.81. The summed E-state index contributed by atoms with van der Waals surface area (Å²) < 4.78 is 0. The van der Waals surface area contributed by atoms with Crippen molar-refractivity contribution in [3.05, 3.63) is 0 Å². The maximum atomic E-state index is 3.54. The number of nitrogens with one attached hydrogen (secondary N) is 1. The van der Waals surface area contributed by atoms with Crippen LogP contribution in [0.15, 0.2) is 0 Å². The molecule has 1 unspecified atom stereocenters. The zero-order valence-corrected chi connectivity index (χ0v) is 11.1. The fraction of sp³-hybridized carbons (Fsp3) is 1.00. The van der Waals surface area contributed by atoms with Crippen LogP contribution < -0.4 is 5.32 Å². The van der Waals surface area contributed by atoms with E-state index in [1.165, 1.54) is 26.1 Å². The van der Waals surface area contributed by atoms with Crippen molar-refractivity contribution in [2.45, 2.75) is 47.1 Å². The Balaban J connectivity index is 2.28. The first-order chi connectivity index (χ1) is 6.89. The third kappa shape index (κ3) is 4.98. The lowest BCUT2D eigenvalue weighted by molar-refractivity contribution is 0.196. The van der Waals surface area contributed by atoms with Gasteiger partial charge in [-0.25, -0.2) is 0 Å². The summed E-state index contributed by atoms with van der Waals surface area (Å²) in [6, 6.07) is 0.599. The minimum atomic E-state index is 0.397. The van der Waals surface area contributed by atoms with Gasteiger partial charge in [0.15, 0.2) is 0 Å². The lowest BCUT2D eigenvalue weighted by Crippen LogP contribution is -2.41. The molecule has 0 aliphatic carbocycles. The first kappa shape index (κ1) is 13.0. The number of hydrogen-bond donors (Lipinski definition) is 1. The minimum absolute atomic E-state index is 0.397. The molecule has 1 aliphatic heterocycles. The normalized spacial score (nSPS) is 24.0.